The predicted octanol–water partition coefficient (Wildman–Crippen LogP) is 5.72. The zero-order valence-electron chi connectivity index (χ0n) is 20.1. The summed E-state index contributed by atoms with van der Waals surface area (Å²) in [6, 6.07) is 7.13. The fraction of sp³-hybridized carbons (Fsp3) is 0.407. The second-order valence-electron chi connectivity index (χ2n) is 10.4. The maximum atomic E-state index is 6.45. The van der Waals surface area contributed by atoms with Gasteiger partial charge in [0.05, 0.1) is 5.25 Å². The van der Waals surface area contributed by atoms with Gasteiger partial charge in [-0.05, 0) is 70.0 Å². The van der Waals surface area contributed by atoms with E-state index >= 15 is 0 Å². The first-order valence-electron chi connectivity index (χ1n) is 11.0. The van der Waals surface area contributed by atoms with Gasteiger partial charge in [-0.3, -0.25) is 0 Å². The van der Waals surface area contributed by atoms with Gasteiger partial charge in [-0.1, -0.05) is 64.2 Å². The molecular weight excluding hydrogens is 433 g/mol. The van der Waals surface area contributed by atoms with Crippen molar-refractivity contribution in [2.24, 2.45) is 0 Å². The number of thioether (sulfide) groups is 1. The van der Waals surface area contributed by atoms with Gasteiger partial charge in [0.1, 0.15) is 20.4 Å². The van der Waals surface area contributed by atoms with Crippen LogP contribution >= 0.6 is 23.1 Å². The van der Waals surface area contributed by atoms with E-state index in [1.165, 1.54) is 41.4 Å². The van der Waals surface area contributed by atoms with E-state index in [1.807, 2.05) is 29.2 Å². The minimum absolute atomic E-state index is 0.0182. The molecular formula is C27H34OS2Si. The van der Waals surface area contributed by atoms with Crippen LogP contribution in [0, 0.1) is 13.8 Å². The third-order valence-electron chi connectivity index (χ3n) is 6.35. The molecule has 31 heavy (non-hydrogen) atoms. The van der Waals surface area contributed by atoms with E-state index in [0.29, 0.717) is 11.9 Å². The molecule has 164 valence electrons. The van der Waals surface area contributed by atoms with Crippen molar-refractivity contribution in [1.29, 1.82) is 0 Å². The molecule has 1 atom stereocenters. The van der Waals surface area contributed by atoms with Gasteiger partial charge in [-0.2, -0.15) is 0 Å². The molecule has 0 saturated heterocycles. The summed E-state index contributed by atoms with van der Waals surface area (Å²) in [4.78, 5) is 2.84. The number of rotatable bonds is 5. The van der Waals surface area contributed by atoms with Crippen LogP contribution in [0.5, 0.6) is 5.75 Å². The number of thiophene rings is 1. The number of aryl methyl sites for hydroxylation is 2. The molecule has 1 unspecified atom stereocenters. The molecule has 4 heteroatoms. The van der Waals surface area contributed by atoms with Crippen LogP contribution in [0.3, 0.4) is 0 Å². The normalized spacial score (nSPS) is 18.2. The van der Waals surface area contributed by atoms with Crippen molar-refractivity contribution in [1.82, 2.24) is 0 Å². The molecule has 1 nitrogen and oxygen atoms in total. The Labute approximate surface area is 196 Å². The Bertz CT molecular complexity index is 1220. The number of hydrogen-bond acceptors (Lipinski definition) is 3. The van der Waals surface area contributed by atoms with Crippen molar-refractivity contribution in [3.8, 4) is 5.75 Å². The molecule has 2 aromatic rings. The maximum Gasteiger partial charge on any atom is 0.123 e. The standard InChI is InChI=1S/C27H34OS2Si/c1-10-11-28-23-21(27(5,6)7)12-16(2)13-22(23)31(8,9)26-24-19(14-17(3)29-24)20-15-18(4)30-25(20)26/h10,12-15,24H,1,11H2,2-9H3. The quantitative estimate of drug-likeness (QED) is 0.412. The van der Waals surface area contributed by atoms with Gasteiger partial charge in [0, 0.05) is 9.41 Å². The van der Waals surface area contributed by atoms with Crippen molar-refractivity contribution in [2.45, 2.75) is 65.3 Å². The van der Waals surface area contributed by atoms with Crippen LogP contribution in [0.25, 0.3) is 10.8 Å². The highest BCUT2D eigenvalue weighted by Gasteiger charge is 2.43. The lowest BCUT2D eigenvalue weighted by atomic mass is 9.85. The largest absolute Gasteiger partial charge is 0.489 e. The Morgan fingerprint density at radius 3 is 2.48 bits per heavy atom. The highest BCUT2D eigenvalue weighted by Crippen LogP contribution is 2.46. The Morgan fingerprint density at radius 1 is 1.13 bits per heavy atom. The van der Waals surface area contributed by atoms with Crippen molar-refractivity contribution in [2.75, 3.05) is 6.61 Å². The Balaban J connectivity index is 2.01. The monoisotopic (exact) mass is 466 g/mol. The second-order valence-corrected chi connectivity index (χ2v) is 17.3. The molecule has 1 aliphatic carbocycles. The molecule has 1 aromatic heterocycles. The molecule has 2 aliphatic rings. The van der Waals surface area contributed by atoms with Gasteiger partial charge < -0.3 is 4.74 Å². The van der Waals surface area contributed by atoms with E-state index in [-0.39, 0.29) is 5.41 Å². The summed E-state index contributed by atoms with van der Waals surface area (Å²) in [6.45, 7) is 23.1. The topological polar surface area (TPSA) is 9.23 Å². The van der Waals surface area contributed by atoms with Crippen LogP contribution in [0.4, 0.5) is 0 Å². The third-order valence-corrected chi connectivity index (χ3v) is 12.6. The zero-order chi connectivity index (χ0) is 22.7. The number of ether oxygens (including phenoxy) is 1. The average Bonchev–Trinajstić information content (AvgIpc) is 3.28. The van der Waals surface area contributed by atoms with Crippen LogP contribution in [-0.4, -0.2) is 19.9 Å². The van der Waals surface area contributed by atoms with Gasteiger partial charge in [-0.15, -0.1) is 23.1 Å². The summed E-state index contributed by atoms with van der Waals surface area (Å²) in [7, 11) is -2.04. The molecule has 2 heterocycles. The van der Waals surface area contributed by atoms with E-state index in [0.717, 1.165) is 5.75 Å². The molecule has 4 rings (SSSR count). The number of benzene rings is 1. The van der Waals surface area contributed by atoms with E-state index < -0.39 is 8.07 Å². The summed E-state index contributed by atoms with van der Waals surface area (Å²) in [5, 5.41) is 5.04. The zero-order valence-corrected chi connectivity index (χ0v) is 22.7. The lowest BCUT2D eigenvalue weighted by molar-refractivity contribution is 0.354. The minimum atomic E-state index is -2.04. The third kappa shape index (κ3) is 3.81. The fourth-order valence-electron chi connectivity index (χ4n) is 4.91. The molecule has 1 aliphatic heterocycles. The van der Waals surface area contributed by atoms with Crippen LogP contribution in [0.15, 0.2) is 41.8 Å². The highest BCUT2D eigenvalue weighted by molar-refractivity contribution is 8.05. The maximum absolute atomic E-state index is 6.45. The average molecular weight is 467 g/mol. The first-order valence-corrected chi connectivity index (χ1v) is 15.7. The van der Waals surface area contributed by atoms with Crippen molar-refractivity contribution >= 4 is 47.1 Å². The molecule has 0 N–H and O–H groups in total. The van der Waals surface area contributed by atoms with Gasteiger partial charge in [0.2, 0.25) is 0 Å². The highest BCUT2D eigenvalue weighted by atomic mass is 32.2. The smallest absolute Gasteiger partial charge is 0.123 e. The minimum Gasteiger partial charge on any atom is -0.489 e. The first-order chi connectivity index (χ1) is 14.4. The van der Waals surface area contributed by atoms with Gasteiger partial charge in [0.15, 0.2) is 0 Å². The fourth-order valence-corrected chi connectivity index (χ4v) is 12.3. The van der Waals surface area contributed by atoms with Crippen molar-refractivity contribution in [3.63, 3.8) is 0 Å². The molecule has 1 aromatic carbocycles. The van der Waals surface area contributed by atoms with Crippen LogP contribution in [0.1, 0.15) is 43.7 Å². The first kappa shape index (κ1) is 22.7. The van der Waals surface area contributed by atoms with E-state index in [9.17, 15) is 0 Å². The summed E-state index contributed by atoms with van der Waals surface area (Å²) in [6.07, 6.45) is 4.28. The van der Waals surface area contributed by atoms with E-state index in [4.69, 9.17) is 4.74 Å². The van der Waals surface area contributed by atoms with Crippen molar-refractivity contribution in [3.05, 3.63) is 67.6 Å². The van der Waals surface area contributed by atoms with Gasteiger partial charge >= 0.3 is 0 Å². The predicted molar refractivity (Wildman–Crippen MR) is 143 cm³/mol. The molecule has 0 saturated carbocycles. The Kier molecular flexibility index (Phi) is 5.73. The molecule has 0 radical (unpaired) electrons. The lowest BCUT2D eigenvalue weighted by Crippen LogP contribution is -2.49. The summed E-state index contributed by atoms with van der Waals surface area (Å²) >= 11 is 4.02. The number of hydrogen-bond donors (Lipinski definition) is 0. The Hall–Kier alpha value is -1.49. The Morgan fingerprint density at radius 2 is 1.84 bits per heavy atom. The molecule has 0 bridgehead atoms. The van der Waals surface area contributed by atoms with Crippen LogP contribution in [-0.2, 0) is 5.41 Å². The van der Waals surface area contributed by atoms with E-state index in [2.05, 4.69) is 85.5 Å². The molecule has 0 fully saturated rings. The summed E-state index contributed by atoms with van der Waals surface area (Å²) in [5.41, 5.74) is 4.17. The SMILES string of the molecule is C=CCOc1c(C(C)(C)C)cc(C)cc1[Si](C)(C)C1=c2sc(C)cc2=C2C=C(C)SC21. The summed E-state index contributed by atoms with van der Waals surface area (Å²) < 4.78 is 7.98. The lowest BCUT2D eigenvalue weighted by Gasteiger charge is -2.34. The van der Waals surface area contributed by atoms with E-state index in [1.54, 1.807) is 5.20 Å². The summed E-state index contributed by atoms with van der Waals surface area (Å²) in [5.74, 6) is 1.10. The van der Waals surface area contributed by atoms with Crippen LogP contribution < -0.4 is 19.7 Å². The van der Waals surface area contributed by atoms with Crippen molar-refractivity contribution < 1.29 is 4.74 Å². The van der Waals surface area contributed by atoms with Crippen LogP contribution in [0.2, 0.25) is 13.1 Å². The second kappa shape index (κ2) is 7.82. The number of allylic oxidation sites excluding steroid dienone is 2. The number of fused-ring (bicyclic) bond motifs is 2. The van der Waals surface area contributed by atoms with Gasteiger partial charge in [0.25, 0.3) is 0 Å². The molecule has 0 amide bonds. The molecule has 0 spiro atoms. The van der Waals surface area contributed by atoms with Gasteiger partial charge in [-0.25, -0.2) is 0 Å².